The molecule has 0 heterocycles. The van der Waals surface area contributed by atoms with Crippen LogP contribution in [-0.2, 0) is 6.42 Å². The smallest absolute Gasteiger partial charge is 0.111 e. The lowest BCUT2D eigenvalue weighted by Gasteiger charge is -2.26. The van der Waals surface area contributed by atoms with Crippen LogP contribution < -0.4 is 5.32 Å². The molecule has 3 N–H and O–H groups in total. The minimum absolute atomic E-state index is 0.0256. The van der Waals surface area contributed by atoms with E-state index in [0.29, 0.717) is 18.0 Å². The summed E-state index contributed by atoms with van der Waals surface area (Å²) in [6.45, 7) is 2.53. The topological polar surface area (TPSA) is 52.5 Å². The summed E-state index contributed by atoms with van der Waals surface area (Å²) in [6.07, 6.45) is 0.0812. The SMILES string of the molecule is CC(c1ccccc1)C(O)NCCC(O)C(Cc1ccc(Cl)cc1)c1ccccc1. The summed E-state index contributed by atoms with van der Waals surface area (Å²) in [7, 11) is 0. The van der Waals surface area contributed by atoms with Gasteiger partial charge in [-0.2, -0.15) is 0 Å². The second kappa shape index (κ2) is 11.3. The zero-order valence-electron chi connectivity index (χ0n) is 17.3. The lowest BCUT2D eigenvalue weighted by molar-refractivity contribution is 0.0944. The van der Waals surface area contributed by atoms with Gasteiger partial charge in [-0.25, -0.2) is 0 Å². The highest BCUT2D eigenvalue weighted by molar-refractivity contribution is 6.30. The lowest BCUT2D eigenvalue weighted by atomic mass is 9.86. The molecule has 0 aliphatic rings. The molecular weight excluding hydrogens is 394 g/mol. The number of hydrogen-bond donors (Lipinski definition) is 3. The zero-order chi connectivity index (χ0) is 21.3. The first-order chi connectivity index (χ1) is 14.5. The Morgan fingerprint density at radius 3 is 1.97 bits per heavy atom. The number of hydrogen-bond acceptors (Lipinski definition) is 3. The summed E-state index contributed by atoms with van der Waals surface area (Å²) < 4.78 is 0. The maximum absolute atomic E-state index is 11.0. The predicted octanol–water partition coefficient (Wildman–Crippen LogP) is 5.13. The summed E-state index contributed by atoms with van der Waals surface area (Å²) in [6, 6.07) is 27.8. The van der Waals surface area contributed by atoms with Crippen molar-refractivity contribution in [2.75, 3.05) is 6.54 Å². The number of rotatable bonds is 10. The van der Waals surface area contributed by atoms with Crippen LogP contribution in [0.15, 0.2) is 84.9 Å². The fourth-order valence-electron chi connectivity index (χ4n) is 3.75. The molecule has 3 aromatic carbocycles. The average molecular weight is 424 g/mol. The van der Waals surface area contributed by atoms with Gasteiger partial charge in [0.15, 0.2) is 0 Å². The standard InChI is InChI=1S/C26H30ClNO2/c1-19(21-8-4-2-5-9-21)26(30)28-17-16-25(29)24(22-10-6-3-7-11-22)18-20-12-14-23(27)15-13-20/h2-15,19,24-26,28-30H,16-18H2,1H3. The third-order valence-electron chi connectivity index (χ3n) is 5.65. The highest BCUT2D eigenvalue weighted by Crippen LogP contribution is 2.27. The number of aliphatic hydroxyl groups excluding tert-OH is 2. The molecule has 3 rings (SSSR count). The Morgan fingerprint density at radius 1 is 0.800 bits per heavy atom. The zero-order valence-corrected chi connectivity index (χ0v) is 18.0. The summed E-state index contributed by atoms with van der Waals surface area (Å²) in [5, 5.41) is 25.4. The molecule has 4 heteroatoms. The third kappa shape index (κ3) is 6.41. The van der Waals surface area contributed by atoms with Crippen LogP contribution in [0.4, 0.5) is 0 Å². The molecule has 4 unspecified atom stereocenters. The van der Waals surface area contributed by atoms with E-state index < -0.39 is 12.3 Å². The summed E-state index contributed by atoms with van der Waals surface area (Å²) in [4.78, 5) is 0. The van der Waals surface area contributed by atoms with Crippen LogP contribution in [0.3, 0.4) is 0 Å². The molecule has 0 aliphatic carbocycles. The van der Waals surface area contributed by atoms with E-state index >= 15 is 0 Å². The minimum Gasteiger partial charge on any atom is -0.392 e. The van der Waals surface area contributed by atoms with Gasteiger partial charge in [-0.3, -0.25) is 5.32 Å². The molecule has 0 amide bonds. The molecule has 0 aliphatic heterocycles. The molecule has 158 valence electrons. The molecule has 0 fully saturated rings. The second-order valence-corrected chi connectivity index (χ2v) is 8.24. The van der Waals surface area contributed by atoms with Crippen LogP contribution in [0.5, 0.6) is 0 Å². The third-order valence-corrected chi connectivity index (χ3v) is 5.91. The van der Waals surface area contributed by atoms with Gasteiger partial charge in [0, 0.05) is 16.9 Å². The molecule has 4 atom stereocenters. The minimum atomic E-state index is -0.661. The van der Waals surface area contributed by atoms with Crippen molar-refractivity contribution >= 4 is 11.6 Å². The van der Waals surface area contributed by atoms with Gasteiger partial charge in [0.1, 0.15) is 6.23 Å². The van der Waals surface area contributed by atoms with E-state index in [1.54, 1.807) is 0 Å². The summed E-state index contributed by atoms with van der Waals surface area (Å²) in [5.74, 6) is -0.0554. The molecule has 0 saturated carbocycles. The number of halogens is 1. The first-order valence-electron chi connectivity index (χ1n) is 10.5. The quantitative estimate of drug-likeness (QED) is 0.396. The molecule has 30 heavy (non-hydrogen) atoms. The maximum Gasteiger partial charge on any atom is 0.111 e. The molecule has 0 bridgehead atoms. The van der Waals surface area contributed by atoms with Gasteiger partial charge in [0.05, 0.1) is 6.10 Å². The van der Waals surface area contributed by atoms with Gasteiger partial charge in [0.2, 0.25) is 0 Å². The van der Waals surface area contributed by atoms with E-state index in [0.717, 1.165) is 23.1 Å². The van der Waals surface area contributed by atoms with Gasteiger partial charge in [-0.1, -0.05) is 91.3 Å². The van der Waals surface area contributed by atoms with Crippen molar-refractivity contribution in [3.05, 3.63) is 107 Å². The monoisotopic (exact) mass is 423 g/mol. The van der Waals surface area contributed by atoms with Crippen molar-refractivity contribution in [3.63, 3.8) is 0 Å². The predicted molar refractivity (Wildman–Crippen MR) is 124 cm³/mol. The molecule has 3 aromatic rings. The first kappa shape index (κ1) is 22.5. The number of nitrogens with one attached hydrogen (secondary N) is 1. The lowest BCUT2D eigenvalue weighted by Crippen LogP contribution is -2.36. The van der Waals surface area contributed by atoms with Crippen LogP contribution in [-0.4, -0.2) is 29.1 Å². The highest BCUT2D eigenvalue weighted by atomic mass is 35.5. The Kier molecular flexibility index (Phi) is 8.47. The molecule has 0 saturated heterocycles. The van der Waals surface area contributed by atoms with Gasteiger partial charge in [0.25, 0.3) is 0 Å². The Hall–Kier alpha value is -2.17. The van der Waals surface area contributed by atoms with Crippen molar-refractivity contribution in [3.8, 4) is 0 Å². The van der Waals surface area contributed by atoms with Crippen LogP contribution >= 0.6 is 11.6 Å². The normalized spacial score (nSPS) is 15.3. The van der Waals surface area contributed by atoms with Crippen LogP contribution in [0.25, 0.3) is 0 Å². The fraction of sp³-hybridized carbons (Fsp3) is 0.308. The van der Waals surface area contributed by atoms with E-state index in [1.807, 2.05) is 79.7 Å². The van der Waals surface area contributed by atoms with Crippen LogP contribution in [0, 0.1) is 0 Å². The van der Waals surface area contributed by atoms with Crippen LogP contribution in [0.1, 0.15) is 41.9 Å². The number of benzene rings is 3. The van der Waals surface area contributed by atoms with Crippen molar-refractivity contribution in [2.24, 2.45) is 0 Å². The average Bonchev–Trinajstić information content (AvgIpc) is 2.79. The Bertz CT molecular complexity index is 871. The Balaban J connectivity index is 1.60. The Labute approximate surface area is 184 Å². The molecule has 0 spiro atoms. The Morgan fingerprint density at radius 2 is 1.37 bits per heavy atom. The van der Waals surface area contributed by atoms with E-state index in [-0.39, 0.29) is 11.8 Å². The van der Waals surface area contributed by atoms with Gasteiger partial charge < -0.3 is 10.2 Å². The van der Waals surface area contributed by atoms with E-state index in [1.165, 1.54) is 0 Å². The van der Waals surface area contributed by atoms with Crippen molar-refractivity contribution in [2.45, 2.75) is 43.9 Å². The van der Waals surface area contributed by atoms with Crippen molar-refractivity contribution < 1.29 is 10.2 Å². The van der Waals surface area contributed by atoms with Crippen molar-refractivity contribution in [1.29, 1.82) is 0 Å². The van der Waals surface area contributed by atoms with Gasteiger partial charge >= 0.3 is 0 Å². The second-order valence-electron chi connectivity index (χ2n) is 7.80. The van der Waals surface area contributed by atoms with Gasteiger partial charge in [-0.15, -0.1) is 0 Å². The van der Waals surface area contributed by atoms with Crippen molar-refractivity contribution in [1.82, 2.24) is 5.32 Å². The molecule has 0 aromatic heterocycles. The molecule has 0 radical (unpaired) electrons. The van der Waals surface area contributed by atoms with Crippen LogP contribution in [0.2, 0.25) is 5.02 Å². The van der Waals surface area contributed by atoms with E-state index in [4.69, 9.17) is 11.6 Å². The fourth-order valence-corrected chi connectivity index (χ4v) is 3.87. The van der Waals surface area contributed by atoms with Gasteiger partial charge in [-0.05, 0) is 48.2 Å². The summed E-state index contributed by atoms with van der Waals surface area (Å²) in [5.41, 5.74) is 3.33. The molecular formula is C26H30ClNO2. The van der Waals surface area contributed by atoms with E-state index in [9.17, 15) is 10.2 Å². The van der Waals surface area contributed by atoms with E-state index in [2.05, 4.69) is 17.4 Å². The highest BCUT2D eigenvalue weighted by Gasteiger charge is 2.22. The number of aliphatic hydroxyl groups is 2. The summed E-state index contributed by atoms with van der Waals surface area (Å²) >= 11 is 6.01. The maximum atomic E-state index is 11.0. The molecule has 3 nitrogen and oxygen atoms in total. The first-order valence-corrected chi connectivity index (χ1v) is 10.9. The largest absolute Gasteiger partial charge is 0.392 e.